The lowest BCUT2D eigenvalue weighted by Gasteiger charge is -2.16. The predicted octanol–water partition coefficient (Wildman–Crippen LogP) is 4.46. The molecule has 0 saturated carbocycles. The Bertz CT molecular complexity index is 1510. The Kier molecular flexibility index (Phi) is 8.24. The molecule has 4 aromatic rings. The number of fused-ring (bicyclic) bond motifs is 1. The Morgan fingerprint density at radius 1 is 0.974 bits per heavy atom. The van der Waals surface area contributed by atoms with Crippen LogP contribution >= 0.6 is 0 Å². The van der Waals surface area contributed by atoms with Gasteiger partial charge in [0.05, 0.1) is 6.61 Å². The highest BCUT2D eigenvalue weighted by Crippen LogP contribution is 2.39. The maximum absolute atomic E-state index is 13.2. The average molecular weight is 520 g/mol. The van der Waals surface area contributed by atoms with Gasteiger partial charge in [-0.2, -0.15) is 0 Å². The van der Waals surface area contributed by atoms with Gasteiger partial charge in [0, 0.05) is 30.7 Å². The smallest absolute Gasteiger partial charge is 0.238 e. The molecule has 0 spiro atoms. The van der Waals surface area contributed by atoms with Crippen LogP contribution in [0, 0.1) is 5.92 Å². The van der Waals surface area contributed by atoms with Crippen LogP contribution in [0.4, 0.5) is 0 Å². The molecule has 8 heteroatoms. The normalized spacial score (nSPS) is 11.4. The number of benzene rings is 3. The van der Waals surface area contributed by atoms with Gasteiger partial charge < -0.3 is 34.9 Å². The number of aromatic hydroxyl groups is 3. The number of hydrogen-bond acceptors (Lipinski definition) is 8. The standard InChI is InChI=1S/C30H33NO7/c1-17(2)9-20-12-22(13-21(27(20)34)11-18-5-4-6-19(10-18)16-31-3)30-29(36)28(35)26-24(37-8-7-32)14-23(33)15-25(26)38-30/h4-6,10,12-15,17,31-34,36H,7-9,11,16H2,1-3H3. The van der Waals surface area contributed by atoms with Crippen LogP contribution in [0.25, 0.3) is 22.3 Å². The van der Waals surface area contributed by atoms with Gasteiger partial charge >= 0.3 is 0 Å². The lowest BCUT2D eigenvalue weighted by molar-refractivity contribution is 0.202. The fraction of sp³-hybridized carbons (Fsp3) is 0.300. The van der Waals surface area contributed by atoms with Crippen molar-refractivity contribution in [3.8, 4) is 34.3 Å². The Morgan fingerprint density at radius 3 is 2.42 bits per heavy atom. The third-order valence-corrected chi connectivity index (χ3v) is 6.19. The molecule has 0 aliphatic carbocycles. The van der Waals surface area contributed by atoms with Crippen LogP contribution in [0.2, 0.25) is 0 Å². The molecule has 4 rings (SSSR count). The van der Waals surface area contributed by atoms with Crippen LogP contribution in [0.15, 0.2) is 57.7 Å². The molecule has 0 bridgehead atoms. The summed E-state index contributed by atoms with van der Waals surface area (Å²) in [6.45, 7) is 4.40. The molecule has 0 unspecified atom stereocenters. The van der Waals surface area contributed by atoms with Gasteiger partial charge in [-0.3, -0.25) is 4.79 Å². The van der Waals surface area contributed by atoms with Crippen molar-refractivity contribution in [1.29, 1.82) is 0 Å². The van der Waals surface area contributed by atoms with Gasteiger partial charge in [0.25, 0.3) is 0 Å². The number of ether oxygens (including phenoxy) is 1. The Hall–Kier alpha value is -4.01. The van der Waals surface area contributed by atoms with E-state index in [0.717, 1.165) is 11.1 Å². The van der Waals surface area contributed by atoms with Crippen LogP contribution in [-0.4, -0.2) is 40.7 Å². The quantitative estimate of drug-likeness (QED) is 0.208. The van der Waals surface area contributed by atoms with E-state index < -0.39 is 11.2 Å². The first-order valence-corrected chi connectivity index (χ1v) is 12.6. The van der Waals surface area contributed by atoms with Crippen LogP contribution < -0.4 is 15.5 Å². The Labute approximate surface area is 220 Å². The van der Waals surface area contributed by atoms with Gasteiger partial charge in [-0.05, 0) is 53.8 Å². The van der Waals surface area contributed by atoms with E-state index in [2.05, 4.69) is 11.4 Å². The van der Waals surface area contributed by atoms with Crippen molar-refractivity contribution in [1.82, 2.24) is 5.32 Å². The number of phenols is 2. The highest BCUT2D eigenvalue weighted by Gasteiger charge is 2.22. The topological polar surface area (TPSA) is 132 Å². The highest BCUT2D eigenvalue weighted by atomic mass is 16.5. The molecular formula is C30H33NO7. The first-order chi connectivity index (χ1) is 18.2. The summed E-state index contributed by atoms with van der Waals surface area (Å²) in [7, 11) is 1.88. The molecule has 1 aromatic heterocycles. The van der Waals surface area contributed by atoms with E-state index in [9.17, 15) is 20.1 Å². The molecule has 0 aliphatic heterocycles. The monoisotopic (exact) mass is 519 g/mol. The van der Waals surface area contributed by atoms with Gasteiger partial charge in [0.15, 0.2) is 5.76 Å². The minimum Gasteiger partial charge on any atom is -0.508 e. The van der Waals surface area contributed by atoms with Crippen LogP contribution in [0.5, 0.6) is 23.0 Å². The van der Waals surface area contributed by atoms with Crippen molar-refractivity contribution in [2.75, 3.05) is 20.3 Å². The summed E-state index contributed by atoms with van der Waals surface area (Å²) in [4.78, 5) is 13.2. The van der Waals surface area contributed by atoms with E-state index in [1.54, 1.807) is 12.1 Å². The fourth-order valence-electron chi connectivity index (χ4n) is 4.62. The summed E-state index contributed by atoms with van der Waals surface area (Å²) in [6, 6.07) is 14.0. The van der Waals surface area contributed by atoms with E-state index in [1.807, 2.05) is 39.1 Å². The lowest BCUT2D eigenvalue weighted by atomic mass is 9.92. The summed E-state index contributed by atoms with van der Waals surface area (Å²) >= 11 is 0. The Balaban J connectivity index is 1.88. The van der Waals surface area contributed by atoms with E-state index in [1.165, 1.54) is 12.1 Å². The molecule has 0 atom stereocenters. The molecule has 8 nitrogen and oxygen atoms in total. The molecular weight excluding hydrogens is 486 g/mol. The molecule has 0 aliphatic rings. The molecule has 1 heterocycles. The number of nitrogens with one attached hydrogen (secondary N) is 1. The highest BCUT2D eigenvalue weighted by molar-refractivity contribution is 5.88. The van der Waals surface area contributed by atoms with Crippen molar-refractivity contribution in [2.24, 2.45) is 5.92 Å². The third kappa shape index (κ3) is 5.77. The summed E-state index contributed by atoms with van der Waals surface area (Å²) in [5, 5.41) is 44.5. The minimum absolute atomic E-state index is 0.00186. The number of aliphatic hydroxyl groups excluding tert-OH is 1. The van der Waals surface area contributed by atoms with Crippen LogP contribution in [0.1, 0.15) is 36.1 Å². The second kappa shape index (κ2) is 11.6. The molecule has 5 N–H and O–H groups in total. The minimum atomic E-state index is -0.728. The summed E-state index contributed by atoms with van der Waals surface area (Å²) < 4.78 is 11.4. The van der Waals surface area contributed by atoms with Gasteiger partial charge in [-0.25, -0.2) is 0 Å². The first kappa shape index (κ1) is 27.0. The lowest BCUT2D eigenvalue weighted by Crippen LogP contribution is -2.08. The largest absolute Gasteiger partial charge is 0.508 e. The van der Waals surface area contributed by atoms with E-state index >= 15 is 0 Å². The van der Waals surface area contributed by atoms with Gasteiger partial charge in [-0.1, -0.05) is 38.1 Å². The zero-order chi connectivity index (χ0) is 27.4. The van der Waals surface area contributed by atoms with Crippen molar-refractivity contribution in [3.05, 3.63) is 81.0 Å². The number of rotatable bonds is 10. The van der Waals surface area contributed by atoms with Crippen LogP contribution in [-0.2, 0) is 19.4 Å². The summed E-state index contributed by atoms with van der Waals surface area (Å²) in [6.07, 6.45) is 1.01. The molecule has 38 heavy (non-hydrogen) atoms. The molecule has 3 aromatic carbocycles. The van der Waals surface area contributed by atoms with Gasteiger partial charge in [0.2, 0.25) is 11.2 Å². The second-order valence-electron chi connectivity index (χ2n) is 9.77. The van der Waals surface area contributed by atoms with E-state index in [4.69, 9.17) is 14.3 Å². The SMILES string of the molecule is CNCc1cccc(Cc2cc(-c3oc4cc(O)cc(OCCO)c4c(=O)c3O)cc(CC(C)C)c2O)c1. The maximum Gasteiger partial charge on any atom is 0.238 e. The van der Waals surface area contributed by atoms with Crippen molar-refractivity contribution in [3.63, 3.8) is 0 Å². The third-order valence-electron chi connectivity index (χ3n) is 6.19. The van der Waals surface area contributed by atoms with Crippen molar-refractivity contribution >= 4 is 11.0 Å². The van der Waals surface area contributed by atoms with Crippen LogP contribution in [0.3, 0.4) is 0 Å². The number of aliphatic hydroxyl groups is 1. The zero-order valence-electron chi connectivity index (χ0n) is 21.7. The molecule has 0 saturated heterocycles. The predicted molar refractivity (Wildman–Crippen MR) is 146 cm³/mol. The van der Waals surface area contributed by atoms with Crippen molar-refractivity contribution in [2.45, 2.75) is 33.2 Å². The molecule has 0 fully saturated rings. The van der Waals surface area contributed by atoms with E-state index in [-0.39, 0.29) is 53.1 Å². The fourth-order valence-corrected chi connectivity index (χ4v) is 4.62. The summed E-state index contributed by atoms with van der Waals surface area (Å²) in [5.41, 5.74) is 3.14. The zero-order valence-corrected chi connectivity index (χ0v) is 21.7. The number of phenolic OH excluding ortho intramolecular Hbond substituents is 2. The van der Waals surface area contributed by atoms with Crippen molar-refractivity contribution < 1.29 is 29.6 Å². The Morgan fingerprint density at radius 2 is 1.71 bits per heavy atom. The van der Waals surface area contributed by atoms with E-state index in [0.29, 0.717) is 36.1 Å². The molecule has 200 valence electrons. The molecule has 0 amide bonds. The maximum atomic E-state index is 13.2. The first-order valence-electron chi connectivity index (χ1n) is 12.6. The average Bonchev–Trinajstić information content (AvgIpc) is 2.87. The number of hydrogen-bond donors (Lipinski definition) is 5. The second-order valence-corrected chi connectivity index (χ2v) is 9.77. The summed E-state index contributed by atoms with van der Waals surface area (Å²) in [5.74, 6) is -0.474. The molecule has 0 radical (unpaired) electrons. The van der Waals surface area contributed by atoms with Gasteiger partial charge in [-0.15, -0.1) is 0 Å². The van der Waals surface area contributed by atoms with Gasteiger partial charge in [0.1, 0.15) is 34.8 Å².